The fraction of sp³-hybridized carbons (Fsp3) is 0.438. The van der Waals surface area contributed by atoms with E-state index in [1.807, 2.05) is 24.3 Å². The third-order valence-electron chi connectivity index (χ3n) is 3.77. The number of hydrogen-bond donors (Lipinski definition) is 1. The molecule has 2 aromatic rings. The topological polar surface area (TPSA) is 86.5 Å². The molecule has 4 rings (SSSR count). The molecule has 0 bridgehead atoms. The summed E-state index contributed by atoms with van der Waals surface area (Å²) < 4.78 is 16.9. The number of amides is 1. The van der Waals surface area contributed by atoms with E-state index < -0.39 is 0 Å². The molecule has 24 heavy (non-hydrogen) atoms. The molecule has 1 aromatic carbocycles. The number of carbonyl (C=O) groups is 1. The van der Waals surface area contributed by atoms with Gasteiger partial charge in [0.1, 0.15) is 12.7 Å². The minimum atomic E-state index is -0.196. The second-order valence-electron chi connectivity index (χ2n) is 5.77. The van der Waals surface area contributed by atoms with Gasteiger partial charge in [-0.25, -0.2) is 0 Å². The lowest BCUT2D eigenvalue weighted by Crippen LogP contribution is -2.41. The van der Waals surface area contributed by atoms with Crippen molar-refractivity contribution in [2.24, 2.45) is 0 Å². The monoisotopic (exact) mass is 347 g/mol. The number of nitrogens with one attached hydrogen (secondary N) is 1. The van der Waals surface area contributed by atoms with E-state index in [9.17, 15) is 4.79 Å². The average molecular weight is 347 g/mol. The second-order valence-corrected chi connectivity index (χ2v) is 6.70. The number of benzene rings is 1. The van der Waals surface area contributed by atoms with Crippen LogP contribution in [0.2, 0.25) is 0 Å². The van der Waals surface area contributed by atoms with Crippen LogP contribution in [0.1, 0.15) is 24.7 Å². The van der Waals surface area contributed by atoms with Crippen LogP contribution in [0.5, 0.6) is 11.5 Å². The molecule has 1 aliphatic carbocycles. The highest BCUT2D eigenvalue weighted by Gasteiger charge is 2.29. The van der Waals surface area contributed by atoms with Crippen LogP contribution in [0.15, 0.2) is 33.9 Å². The van der Waals surface area contributed by atoms with Crippen LogP contribution in [0.3, 0.4) is 0 Å². The van der Waals surface area contributed by atoms with Gasteiger partial charge in [0, 0.05) is 5.92 Å². The first-order valence-corrected chi connectivity index (χ1v) is 8.88. The molecular weight excluding hydrogens is 330 g/mol. The summed E-state index contributed by atoms with van der Waals surface area (Å²) in [5, 5.41) is 11.2. The number of thioether (sulfide) groups is 1. The maximum absolute atomic E-state index is 11.9. The molecule has 1 N–H and O–H groups in total. The van der Waals surface area contributed by atoms with Gasteiger partial charge in [0.05, 0.1) is 12.3 Å². The fourth-order valence-corrected chi connectivity index (χ4v) is 2.94. The average Bonchev–Trinajstić information content (AvgIpc) is 3.36. The van der Waals surface area contributed by atoms with Crippen LogP contribution in [-0.2, 0) is 4.79 Å². The van der Waals surface area contributed by atoms with Crippen molar-refractivity contribution in [3.63, 3.8) is 0 Å². The van der Waals surface area contributed by atoms with Gasteiger partial charge >= 0.3 is 0 Å². The number of ether oxygens (including phenoxy) is 2. The van der Waals surface area contributed by atoms with Crippen molar-refractivity contribution >= 4 is 17.7 Å². The summed E-state index contributed by atoms with van der Waals surface area (Å²) in [7, 11) is 0. The predicted octanol–water partition coefficient (Wildman–Crippen LogP) is 2.00. The van der Waals surface area contributed by atoms with E-state index in [1.165, 1.54) is 11.8 Å². The van der Waals surface area contributed by atoms with Crippen molar-refractivity contribution in [1.82, 2.24) is 15.5 Å². The molecule has 2 heterocycles. The number of nitrogens with zero attached hydrogens (tertiary/aromatic N) is 2. The molecule has 1 atom stereocenters. The van der Waals surface area contributed by atoms with Crippen molar-refractivity contribution in [1.29, 1.82) is 0 Å². The summed E-state index contributed by atoms with van der Waals surface area (Å²) in [5.74, 6) is 2.68. The van der Waals surface area contributed by atoms with Crippen LogP contribution in [-0.4, -0.2) is 41.1 Å². The van der Waals surface area contributed by atoms with Crippen LogP contribution < -0.4 is 14.8 Å². The molecule has 8 heteroatoms. The molecule has 0 spiro atoms. The maximum Gasteiger partial charge on any atom is 0.277 e. The Labute approximate surface area is 143 Å². The molecule has 126 valence electrons. The Morgan fingerprint density at radius 1 is 1.25 bits per heavy atom. The molecule has 1 aromatic heterocycles. The third-order valence-corrected chi connectivity index (χ3v) is 4.59. The van der Waals surface area contributed by atoms with Gasteiger partial charge in [0.25, 0.3) is 5.22 Å². The number of aromatic nitrogens is 2. The fourth-order valence-electron chi connectivity index (χ4n) is 2.34. The number of hydrogen-bond acceptors (Lipinski definition) is 7. The van der Waals surface area contributed by atoms with Crippen LogP contribution >= 0.6 is 11.8 Å². The summed E-state index contributed by atoms with van der Waals surface area (Å²) in [6, 6.07) is 7.50. The second kappa shape index (κ2) is 6.72. The van der Waals surface area contributed by atoms with E-state index in [-0.39, 0.29) is 17.8 Å². The summed E-state index contributed by atoms with van der Waals surface area (Å²) >= 11 is 1.25. The SMILES string of the molecule is O=C(CSc1nnc(C2CC2)o1)NC[C@H]1COc2ccccc2O1. The van der Waals surface area contributed by atoms with Crippen molar-refractivity contribution in [2.45, 2.75) is 30.1 Å². The Morgan fingerprint density at radius 3 is 2.92 bits per heavy atom. The highest BCUT2D eigenvalue weighted by Crippen LogP contribution is 2.39. The molecule has 1 fully saturated rings. The van der Waals surface area contributed by atoms with E-state index in [1.54, 1.807) is 0 Å². The van der Waals surface area contributed by atoms with Crippen molar-refractivity contribution in [3.8, 4) is 11.5 Å². The zero-order valence-corrected chi connectivity index (χ0v) is 13.8. The summed E-state index contributed by atoms with van der Waals surface area (Å²) in [5.41, 5.74) is 0. The molecule has 7 nitrogen and oxygen atoms in total. The number of para-hydroxylation sites is 2. The lowest BCUT2D eigenvalue weighted by Gasteiger charge is -2.26. The molecule has 0 saturated heterocycles. The lowest BCUT2D eigenvalue weighted by atomic mass is 10.2. The molecule has 2 aliphatic rings. The van der Waals surface area contributed by atoms with Gasteiger partial charge in [-0.1, -0.05) is 23.9 Å². The Hall–Kier alpha value is -2.22. The van der Waals surface area contributed by atoms with Crippen molar-refractivity contribution in [3.05, 3.63) is 30.2 Å². The van der Waals surface area contributed by atoms with E-state index >= 15 is 0 Å². The van der Waals surface area contributed by atoms with Gasteiger partial charge in [-0.15, -0.1) is 10.2 Å². The predicted molar refractivity (Wildman–Crippen MR) is 86.4 cm³/mol. The maximum atomic E-state index is 11.9. The molecule has 0 unspecified atom stereocenters. The Bertz CT molecular complexity index is 732. The van der Waals surface area contributed by atoms with Gasteiger partial charge in [-0.3, -0.25) is 4.79 Å². The molecule has 1 saturated carbocycles. The molecule has 1 amide bonds. The zero-order valence-electron chi connectivity index (χ0n) is 12.9. The van der Waals surface area contributed by atoms with Crippen LogP contribution in [0.4, 0.5) is 0 Å². The zero-order chi connectivity index (χ0) is 16.4. The minimum Gasteiger partial charge on any atom is -0.486 e. The normalized spacial score (nSPS) is 19.1. The van der Waals surface area contributed by atoms with Gasteiger partial charge < -0.3 is 19.2 Å². The van der Waals surface area contributed by atoms with E-state index in [2.05, 4.69) is 15.5 Å². The van der Waals surface area contributed by atoms with Gasteiger partial charge in [-0.05, 0) is 25.0 Å². The van der Waals surface area contributed by atoms with E-state index in [0.29, 0.717) is 35.9 Å². The number of fused-ring (bicyclic) bond motifs is 1. The van der Waals surface area contributed by atoms with Gasteiger partial charge in [0.2, 0.25) is 11.8 Å². The lowest BCUT2D eigenvalue weighted by molar-refractivity contribution is -0.119. The smallest absolute Gasteiger partial charge is 0.277 e. The molecule has 1 aliphatic heterocycles. The van der Waals surface area contributed by atoms with E-state index in [4.69, 9.17) is 13.9 Å². The minimum absolute atomic E-state index is 0.103. The summed E-state index contributed by atoms with van der Waals surface area (Å²) in [6.45, 7) is 0.809. The number of carbonyl (C=O) groups excluding carboxylic acids is 1. The largest absolute Gasteiger partial charge is 0.486 e. The standard InChI is InChI=1S/C16H17N3O4S/c20-14(9-24-16-19-18-15(23-16)10-5-6-10)17-7-11-8-21-12-3-1-2-4-13(12)22-11/h1-4,10-11H,5-9H2,(H,17,20)/t11-/m0/s1. The third kappa shape index (κ3) is 3.64. The van der Waals surface area contributed by atoms with Gasteiger partial charge in [0.15, 0.2) is 11.5 Å². The van der Waals surface area contributed by atoms with Crippen molar-refractivity contribution in [2.75, 3.05) is 18.9 Å². The first-order valence-electron chi connectivity index (χ1n) is 7.89. The highest BCUT2D eigenvalue weighted by atomic mass is 32.2. The van der Waals surface area contributed by atoms with Crippen LogP contribution in [0, 0.1) is 0 Å². The van der Waals surface area contributed by atoms with Crippen LogP contribution in [0.25, 0.3) is 0 Å². The first-order chi connectivity index (χ1) is 11.8. The molecule has 0 radical (unpaired) electrons. The Balaban J connectivity index is 1.20. The van der Waals surface area contributed by atoms with E-state index in [0.717, 1.165) is 18.6 Å². The summed E-state index contributed by atoms with van der Waals surface area (Å²) in [4.78, 5) is 11.9. The highest BCUT2D eigenvalue weighted by molar-refractivity contribution is 7.99. The van der Waals surface area contributed by atoms with Crippen molar-refractivity contribution < 1.29 is 18.7 Å². The quantitative estimate of drug-likeness (QED) is 0.800. The first kappa shape index (κ1) is 15.3. The molecular formula is C16H17N3O4S. The van der Waals surface area contributed by atoms with Gasteiger partial charge in [-0.2, -0.15) is 0 Å². The summed E-state index contributed by atoms with van der Waals surface area (Å²) in [6.07, 6.45) is 2.03. The number of rotatable bonds is 6. The Kier molecular flexibility index (Phi) is 4.29. The Morgan fingerprint density at radius 2 is 2.08 bits per heavy atom.